The molecule has 0 spiro atoms. The predicted molar refractivity (Wildman–Crippen MR) is 107 cm³/mol. The van der Waals surface area contributed by atoms with Gasteiger partial charge in [0.15, 0.2) is 0 Å². The summed E-state index contributed by atoms with van der Waals surface area (Å²) in [5.41, 5.74) is -0.438. The molecule has 0 aromatic heterocycles. The Morgan fingerprint density at radius 1 is 0.871 bits per heavy atom. The van der Waals surface area contributed by atoms with E-state index < -0.39 is 53.1 Å². The Balaban J connectivity index is 2.04. The summed E-state index contributed by atoms with van der Waals surface area (Å²) in [6.45, 7) is 0. The van der Waals surface area contributed by atoms with Crippen molar-refractivity contribution in [2.45, 2.75) is 17.9 Å². The van der Waals surface area contributed by atoms with E-state index in [2.05, 4.69) is 5.32 Å². The molecule has 0 radical (unpaired) electrons. The summed E-state index contributed by atoms with van der Waals surface area (Å²) in [6.07, 6.45) is -0.533. The molecule has 3 aromatic carbocycles. The number of rotatable bonds is 5. The highest BCUT2D eigenvalue weighted by Gasteiger charge is 2.56. The number of hydrogen-bond donors (Lipinski definition) is 2. The average Bonchev–Trinajstić information content (AvgIpc) is 3.02. The second-order valence-electron chi connectivity index (χ2n) is 7.51. The Morgan fingerprint density at radius 2 is 1.39 bits per heavy atom. The van der Waals surface area contributed by atoms with Crippen LogP contribution in [0.1, 0.15) is 29.0 Å². The van der Waals surface area contributed by atoms with Crippen molar-refractivity contribution in [2.24, 2.45) is 5.92 Å². The van der Waals surface area contributed by atoms with Crippen LogP contribution >= 0.6 is 0 Å². The smallest absolute Gasteiger partial charge is 0.304 e. The quantitative estimate of drug-likeness (QED) is 0.639. The molecule has 4 nitrogen and oxygen atoms in total. The highest BCUT2D eigenvalue weighted by atomic mass is 19.1. The maximum absolute atomic E-state index is 15.0. The highest BCUT2D eigenvalue weighted by Crippen LogP contribution is 2.52. The summed E-state index contributed by atoms with van der Waals surface area (Å²) in [7, 11) is 0. The van der Waals surface area contributed by atoms with Gasteiger partial charge < -0.3 is 10.4 Å². The fourth-order valence-corrected chi connectivity index (χ4v) is 4.49. The summed E-state index contributed by atoms with van der Waals surface area (Å²) in [4.78, 5) is 24.6. The zero-order valence-electron chi connectivity index (χ0n) is 16.2. The van der Waals surface area contributed by atoms with Gasteiger partial charge in [0.2, 0.25) is 5.91 Å². The maximum Gasteiger partial charge on any atom is 0.304 e. The van der Waals surface area contributed by atoms with Gasteiger partial charge in [0.25, 0.3) is 0 Å². The summed E-state index contributed by atoms with van der Waals surface area (Å²) >= 11 is 0. The zero-order chi connectivity index (χ0) is 22.2. The van der Waals surface area contributed by atoms with Crippen LogP contribution in [-0.2, 0) is 15.1 Å². The molecule has 2 atom stereocenters. The standard InChI is InChI=1S/C24H18F3NO3/c25-16-9-5-14(6-10-16)24(15-7-11-17(26)12-8-15)22(18-3-1-2-4-20(18)27)19(13-21(29)30)23(31)28-24/h1-12,19,22H,13H2,(H,28,31)(H,29,30). The van der Waals surface area contributed by atoms with E-state index in [9.17, 15) is 27.9 Å². The largest absolute Gasteiger partial charge is 0.481 e. The fourth-order valence-electron chi connectivity index (χ4n) is 4.49. The number of aliphatic carboxylic acids is 1. The lowest BCUT2D eigenvalue weighted by Gasteiger charge is -2.38. The maximum atomic E-state index is 15.0. The molecule has 3 aromatic rings. The lowest BCUT2D eigenvalue weighted by atomic mass is 9.67. The third kappa shape index (κ3) is 3.56. The van der Waals surface area contributed by atoms with Gasteiger partial charge in [-0.15, -0.1) is 0 Å². The van der Waals surface area contributed by atoms with E-state index in [-0.39, 0.29) is 5.56 Å². The molecule has 0 aliphatic carbocycles. The number of halogens is 3. The molecule has 2 unspecified atom stereocenters. The SMILES string of the molecule is O=C(O)CC1C(=O)NC(c2ccc(F)cc2)(c2ccc(F)cc2)C1c1ccccc1F. The molecule has 1 amide bonds. The zero-order valence-corrected chi connectivity index (χ0v) is 16.2. The third-order valence-electron chi connectivity index (χ3n) is 5.76. The molecule has 1 saturated heterocycles. The Morgan fingerprint density at radius 3 is 1.87 bits per heavy atom. The topological polar surface area (TPSA) is 66.4 Å². The Labute approximate surface area is 176 Å². The van der Waals surface area contributed by atoms with Crippen molar-refractivity contribution in [1.29, 1.82) is 0 Å². The van der Waals surface area contributed by atoms with Gasteiger partial charge in [0.05, 0.1) is 17.9 Å². The van der Waals surface area contributed by atoms with Crippen molar-refractivity contribution in [2.75, 3.05) is 0 Å². The number of carboxylic acid groups (broad SMARTS) is 1. The number of amides is 1. The molecule has 158 valence electrons. The van der Waals surface area contributed by atoms with E-state index in [0.717, 1.165) is 0 Å². The summed E-state index contributed by atoms with van der Waals surface area (Å²) in [5.74, 6) is -5.50. The van der Waals surface area contributed by atoms with Crippen LogP contribution in [0.5, 0.6) is 0 Å². The van der Waals surface area contributed by atoms with Crippen LogP contribution < -0.4 is 5.32 Å². The molecule has 1 aliphatic heterocycles. The normalized spacial score (nSPS) is 19.8. The first-order valence-electron chi connectivity index (χ1n) is 9.63. The number of nitrogens with one attached hydrogen (secondary N) is 1. The molecule has 1 heterocycles. The minimum absolute atomic E-state index is 0.140. The third-order valence-corrected chi connectivity index (χ3v) is 5.76. The van der Waals surface area contributed by atoms with Gasteiger partial charge in [-0.1, -0.05) is 42.5 Å². The molecule has 1 fully saturated rings. The first-order chi connectivity index (χ1) is 14.8. The number of hydrogen-bond acceptors (Lipinski definition) is 2. The van der Waals surface area contributed by atoms with Crippen molar-refractivity contribution >= 4 is 11.9 Å². The van der Waals surface area contributed by atoms with Gasteiger partial charge in [-0.05, 0) is 47.0 Å². The van der Waals surface area contributed by atoms with Crippen LogP contribution in [0.2, 0.25) is 0 Å². The van der Waals surface area contributed by atoms with Crippen LogP contribution in [0.15, 0.2) is 72.8 Å². The molecule has 31 heavy (non-hydrogen) atoms. The van der Waals surface area contributed by atoms with Gasteiger partial charge in [-0.2, -0.15) is 0 Å². The number of benzene rings is 3. The lowest BCUT2D eigenvalue weighted by Crippen LogP contribution is -2.43. The lowest BCUT2D eigenvalue weighted by molar-refractivity contribution is -0.140. The average molecular weight is 425 g/mol. The first kappa shape index (κ1) is 20.7. The second-order valence-corrected chi connectivity index (χ2v) is 7.51. The van der Waals surface area contributed by atoms with Gasteiger partial charge in [-0.25, -0.2) is 13.2 Å². The van der Waals surface area contributed by atoms with Gasteiger partial charge in [-0.3, -0.25) is 9.59 Å². The minimum Gasteiger partial charge on any atom is -0.481 e. The van der Waals surface area contributed by atoms with Crippen molar-refractivity contribution in [3.8, 4) is 0 Å². The number of carboxylic acids is 1. The second kappa shape index (κ2) is 7.91. The Bertz CT molecular complexity index is 1080. The molecular weight excluding hydrogens is 407 g/mol. The van der Waals surface area contributed by atoms with Crippen LogP contribution in [-0.4, -0.2) is 17.0 Å². The van der Waals surface area contributed by atoms with Crippen molar-refractivity contribution in [3.63, 3.8) is 0 Å². The van der Waals surface area contributed by atoms with E-state index in [4.69, 9.17) is 0 Å². The van der Waals surface area contributed by atoms with E-state index in [1.807, 2.05) is 0 Å². The van der Waals surface area contributed by atoms with E-state index in [1.165, 1.54) is 66.7 Å². The molecule has 7 heteroatoms. The molecular formula is C24H18F3NO3. The summed E-state index contributed by atoms with van der Waals surface area (Å²) < 4.78 is 42.4. The molecule has 0 saturated carbocycles. The van der Waals surface area contributed by atoms with Crippen LogP contribution in [0, 0.1) is 23.4 Å². The van der Waals surface area contributed by atoms with Crippen molar-refractivity contribution in [3.05, 3.63) is 107 Å². The summed E-state index contributed by atoms with van der Waals surface area (Å²) in [5, 5.41) is 12.3. The molecule has 0 bridgehead atoms. The monoisotopic (exact) mass is 425 g/mol. The van der Waals surface area contributed by atoms with E-state index >= 15 is 0 Å². The number of carbonyl (C=O) groups is 2. The van der Waals surface area contributed by atoms with E-state index in [0.29, 0.717) is 11.1 Å². The Kier molecular flexibility index (Phi) is 5.27. The van der Waals surface area contributed by atoms with Crippen molar-refractivity contribution in [1.82, 2.24) is 5.32 Å². The van der Waals surface area contributed by atoms with Gasteiger partial charge >= 0.3 is 5.97 Å². The molecule has 4 rings (SSSR count). The highest BCUT2D eigenvalue weighted by molar-refractivity contribution is 5.89. The molecule has 2 N–H and O–H groups in total. The summed E-state index contributed by atoms with van der Waals surface area (Å²) in [6, 6.07) is 16.5. The molecule has 1 aliphatic rings. The minimum atomic E-state index is -1.43. The van der Waals surface area contributed by atoms with Crippen molar-refractivity contribution < 1.29 is 27.9 Å². The fraction of sp³-hybridized carbons (Fsp3) is 0.167. The van der Waals surface area contributed by atoms with E-state index in [1.54, 1.807) is 6.07 Å². The van der Waals surface area contributed by atoms with Gasteiger partial charge in [0.1, 0.15) is 17.5 Å². The van der Waals surface area contributed by atoms with Crippen LogP contribution in [0.4, 0.5) is 13.2 Å². The Hall–Kier alpha value is -3.61. The number of carbonyl (C=O) groups excluding carboxylic acids is 1. The van der Waals surface area contributed by atoms with Crippen LogP contribution in [0.25, 0.3) is 0 Å². The predicted octanol–water partition coefficient (Wildman–Crippen LogP) is 4.35. The van der Waals surface area contributed by atoms with Gasteiger partial charge in [0, 0.05) is 5.92 Å². The van der Waals surface area contributed by atoms with Crippen LogP contribution in [0.3, 0.4) is 0 Å². The first-order valence-corrected chi connectivity index (χ1v) is 9.63.